The Bertz CT molecular complexity index is 1200. The van der Waals surface area contributed by atoms with Gasteiger partial charge in [0.25, 0.3) is 15.9 Å². The minimum Gasteiger partial charge on any atom is -0.494 e. The number of benzene rings is 3. The van der Waals surface area contributed by atoms with Crippen LogP contribution in [0.1, 0.15) is 21.5 Å². The second-order valence-electron chi connectivity index (χ2n) is 6.70. The number of amides is 1. The van der Waals surface area contributed by atoms with E-state index in [1.165, 1.54) is 19.2 Å². The topological polar surface area (TPSA) is 84.5 Å². The molecule has 0 aliphatic carbocycles. The summed E-state index contributed by atoms with van der Waals surface area (Å²) in [5, 5.41) is 3.18. The summed E-state index contributed by atoms with van der Waals surface area (Å²) in [6, 6.07) is 16.5. The Hall–Kier alpha value is -3.03. The van der Waals surface area contributed by atoms with E-state index in [4.69, 9.17) is 16.3 Å². The third-order valence-electron chi connectivity index (χ3n) is 4.53. The molecule has 30 heavy (non-hydrogen) atoms. The quantitative estimate of drug-likeness (QED) is 0.559. The van der Waals surface area contributed by atoms with Crippen LogP contribution in [0.5, 0.6) is 5.75 Å². The number of nitrogens with one attached hydrogen (secondary N) is 2. The molecule has 0 saturated heterocycles. The van der Waals surface area contributed by atoms with Crippen molar-refractivity contribution in [2.45, 2.75) is 18.7 Å². The number of rotatable bonds is 6. The average molecular weight is 445 g/mol. The van der Waals surface area contributed by atoms with E-state index in [0.29, 0.717) is 21.8 Å². The van der Waals surface area contributed by atoms with Gasteiger partial charge in [-0.2, -0.15) is 0 Å². The van der Waals surface area contributed by atoms with Crippen LogP contribution in [-0.2, 0) is 10.0 Å². The number of anilines is 2. The Morgan fingerprint density at radius 1 is 0.933 bits per heavy atom. The van der Waals surface area contributed by atoms with Crippen LogP contribution in [0, 0.1) is 13.8 Å². The summed E-state index contributed by atoms with van der Waals surface area (Å²) in [6.45, 7) is 3.56. The molecule has 3 aromatic carbocycles. The van der Waals surface area contributed by atoms with E-state index in [2.05, 4.69) is 10.0 Å². The summed E-state index contributed by atoms with van der Waals surface area (Å²) in [7, 11) is -2.46. The Kier molecular flexibility index (Phi) is 6.34. The lowest BCUT2D eigenvalue weighted by molar-refractivity contribution is 0.102. The molecule has 3 rings (SSSR count). The molecule has 3 aromatic rings. The highest BCUT2D eigenvalue weighted by Gasteiger charge is 2.19. The van der Waals surface area contributed by atoms with Gasteiger partial charge in [-0.25, -0.2) is 8.42 Å². The fourth-order valence-corrected chi connectivity index (χ4v) is 4.13. The standard InChI is InChI=1S/C22H21ClN2O4S/c1-14-9-10-17(12-18(14)23)30(27,28)25-20-11-15(2)19(13-21(20)29-3)24-22(26)16-7-5-4-6-8-16/h4-13,25H,1-3H3,(H,24,26). The van der Waals surface area contributed by atoms with Gasteiger partial charge < -0.3 is 10.1 Å². The number of hydrogen-bond acceptors (Lipinski definition) is 4. The smallest absolute Gasteiger partial charge is 0.262 e. The molecule has 0 saturated carbocycles. The van der Waals surface area contributed by atoms with Gasteiger partial charge in [-0.3, -0.25) is 9.52 Å². The molecule has 0 spiro atoms. The normalized spacial score (nSPS) is 11.1. The van der Waals surface area contributed by atoms with Gasteiger partial charge in [0.2, 0.25) is 0 Å². The van der Waals surface area contributed by atoms with Crippen LogP contribution in [0.4, 0.5) is 11.4 Å². The lowest BCUT2D eigenvalue weighted by atomic mass is 10.1. The van der Waals surface area contributed by atoms with E-state index in [-0.39, 0.29) is 22.2 Å². The van der Waals surface area contributed by atoms with E-state index >= 15 is 0 Å². The predicted octanol–water partition coefficient (Wildman–Crippen LogP) is 5.02. The Morgan fingerprint density at radius 3 is 2.27 bits per heavy atom. The number of aryl methyl sites for hydroxylation is 2. The fourth-order valence-electron chi connectivity index (χ4n) is 2.80. The number of ether oxygens (including phenoxy) is 1. The van der Waals surface area contributed by atoms with Crippen molar-refractivity contribution in [2.75, 3.05) is 17.1 Å². The first-order chi connectivity index (χ1) is 14.2. The summed E-state index contributed by atoms with van der Waals surface area (Å²) in [5.41, 5.74) is 2.73. The van der Waals surface area contributed by atoms with Gasteiger partial charge in [0.15, 0.2) is 0 Å². The second kappa shape index (κ2) is 8.77. The molecule has 1 amide bonds. The lowest BCUT2D eigenvalue weighted by Gasteiger charge is -2.16. The maximum absolute atomic E-state index is 12.8. The van der Waals surface area contributed by atoms with Crippen molar-refractivity contribution in [3.63, 3.8) is 0 Å². The van der Waals surface area contributed by atoms with E-state index in [0.717, 1.165) is 5.56 Å². The lowest BCUT2D eigenvalue weighted by Crippen LogP contribution is -2.15. The highest BCUT2D eigenvalue weighted by molar-refractivity contribution is 7.92. The molecule has 6 nitrogen and oxygen atoms in total. The van der Waals surface area contributed by atoms with Crippen LogP contribution in [0.25, 0.3) is 0 Å². The van der Waals surface area contributed by atoms with Crippen LogP contribution >= 0.6 is 11.6 Å². The summed E-state index contributed by atoms with van der Waals surface area (Å²) in [5.74, 6) is -0.00544. The summed E-state index contributed by atoms with van der Waals surface area (Å²) >= 11 is 6.07. The van der Waals surface area contributed by atoms with Crippen molar-refractivity contribution >= 4 is 38.9 Å². The SMILES string of the molecule is COc1cc(NC(=O)c2ccccc2)c(C)cc1NS(=O)(=O)c1ccc(C)c(Cl)c1. The van der Waals surface area contributed by atoms with Crippen molar-refractivity contribution in [1.82, 2.24) is 0 Å². The van der Waals surface area contributed by atoms with E-state index in [1.54, 1.807) is 56.3 Å². The van der Waals surface area contributed by atoms with Crippen LogP contribution in [0.2, 0.25) is 5.02 Å². The third kappa shape index (κ3) is 4.75. The van der Waals surface area contributed by atoms with Gasteiger partial charge in [-0.05, 0) is 55.3 Å². The number of methoxy groups -OCH3 is 1. The highest BCUT2D eigenvalue weighted by Crippen LogP contribution is 2.33. The van der Waals surface area contributed by atoms with Crippen molar-refractivity contribution in [3.8, 4) is 5.75 Å². The number of halogens is 1. The Labute approximate surface area is 180 Å². The predicted molar refractivity (Wildman–Crippen MR) is 119 cm³/mol. The fraction of sp³-hybridized carbons (Fsp3) is 0.136. The van der Waals surface area contributed by atoms with Gasteiger partial charge in [0, 0.05) is 22.3 Å². The van der Waals surface area contributed by atoms with Gasteiger partial charge in [-0.15, -0.1) is 0 Å². The summed E-state index contributed by atoms with van der Waals surface area (Å²) in [4.78, 5) is 12.5. The first kappa shape index (κ1) is 21.7. The Morgan fingerprint density at radius 2 is 1.63 bits per heavy atom. The van der Waals surface area contributed by atoms with Crippen molar-refractivity contribution in [2.24, 2.45) is 0 Å². The van der Waals surface area contributed by atoms with Crippen LogP contribution in [-0.4, -0.2) is 21.4 Å². The molecule has 2 N–H and O–H groups in total. The highest BCUT2D eigenvalue weighted by atomic mass is 35.5. The van der Waals surface area contributed by atoms with Crippen LogP contribution < -0.4 is 14.8 Å². The number of carbonyl (C=O) groups is 1. The maximum Gasteiger partial charge on any atom is 0.262 e. The zero-order chi connectivity index (χ0) is 21.9. The van der Waals surface area contributed by atoms with Crippen molar-refractivity contribution < 1.29 is 17.9 Å². The largest absolute Gasteiger partial charge is 0.494 e. The molecule has 0 bridgehead atoms. The van der Waals surface area contributed by atoms with Gasteiger partial charge in [0.1, 0.15) is 5.75 Å². The summed E-state index contributed by atoms with van der Waals surface area (Å²) in [6.07, 6.45) is 0. The molecule has 0 atom stereocenters. The number of hydrogen-bond donors (Lipinski definition) is 2. The van der Waals surface area contributed by atoms with E-state index in [9.17, 15) is 13.2 Å². The van der Waals surface area contributed by atoms with Gasteiger partial charge in [0.05, 0.1) is 17.7 Å². The maximum atomic E-state index is 12.8. The number of sulfonamides is 1. The molecule has 0 aliphatic rings. The molecular formula is C22H21ClN2O4S. The molecule has 156 valence electrons. The molecule has 0 unspecified atom stereocenters. The molecule has 0 aliphatic heterocycles. The summed E-state index contributed by atoms with van der Waals surface area (Å²) < 4.78 is 33.5. The van der Waals surface area contributed by atoms with Gasteiger partial charge >= 0.3 is 0 Å². The van der Waals surface area contributed by atoms with Crippen molar-refractivity contribution in [3.05, 3.63) is 82.4 Å². The average Bonchev–Trinajstić information content (AvgIpc) is 2.72. The second-order valence-corrected chi connectivity index (χ2v) is 8.79. The minimum absolute atomic E-state index is 0.0410. The molecule has 0 aromatic heterocycles. The first-order valence-corrected chi connectivity index (χ1v) is 10.9. The number of carbonyl (C=O) groups excluding carboxylic acids is 1. The molecule has 8 heteroatoms. The minimum atomic E-state index is -3.88. The Balaban J connectivity index is 1.90. The third-order valence-corrected chi connectivity index (χ3v) is 6.30. The zero-order valence-electron chi connectivity index (χ0n) is 16.7. The van der Waals surface area contributed by atoms with E-state index in [1.807, 2.05) is 6.07 Å². The molecule has 0 radical (unpaired) electrons. The first-order valence-electron chi connectivity index (χ1n) is 9.05. The monoisotopic (exact) mass is 444 g/mol. The van der Waals surface area contributed by atoms with E-state index < -0.39 is 10.0 Å². The van der Waals surface area contributed by atoms with Gasteiger partial charge in [-0.1, -0.05) is 35.9 Å². The van der Waals surface area contributed by atoms with Crippen LogP contribution in [0.3, 0.4) is 0 Å². The van der Waals surface area contributed by atoms with Crippen LogP contribution in [0.15, 0.2) is 65.6 Å². The molecule has 0 fully saturated rings. The zero-order valence-corrected chi connectivity index (χ0v) is 18.3. The van der Waals surface area contributed by atoms with Crippen molar-refractivity contribution in [1.29, 1.82) is 0 Å². The molecule has 0 heterocycles. The molecular weight excluding hydrogens is 424 g/mol.